The number of piperidine rings is 1. The van der Waals surface area contributed by atoms with Gasteiger partial charge in [-0.2, -0.15) is 0 Å². The number of aromatic nitrogens is 1. The van der Waals surface area contributed by atoms with Crippen molar-refractivity contribution in [2.75, 3.05) is 37.7 Å². The number of pyridine rings is 1. The second-order valence-electron chi connectivity index (χ2n) is 12.7. The number of fused-ring (bicyclic) bond motifs is 1. The average Bonchev–Trinajstić information content (AvgIpc) is 2.93. The molecule has 39 heavy (non-hydrogen) atoms. The van der Waals surface area contributed by atoms with Gasteiger partial charge in [-0.25, -0.2) is 4.98 Å². The SMILES string of the molecule is CC1(C)CCC(C)(C)c2cc(-c3cccc(N4CCC(N(CCCCO)C(=O)[C@@H](N)CCO)CC4)n3)ccc21. The highest BCUT2D eigenvalue weighted by Gasteiger charge is 2.37. The Morgan fingerprint density at radius 1 is 1.03 bits per heavy atom. The number of benzene rings is 1. The van der Waals surface area contributed by atoms with Gasteiger partial charge in [-0.05, 0) is 85.1 Å². The van der Waals surface area contributed by atoms with Crippen LogP contribution in [-0.2, 0) is 15.6 Å². The molecule has 0 radical (unpaired) electrons. The molecule has 0 bridgehead atoms. The molecular weight excluding hydrogens is 488 g/mol. The summed E-state index contributed by atoms with van der Waals surface area (Å²) >= 11 is 0. The Morgan fingerprint density at radius 2 is 1.72 bits per heavy atom. The Kier molecular flexibility index (Phi) is 9.35. The van der Waals surface area contributed by atoms with E-state index in [0.717, 1.165) is 49.4 Å². The van der Waals surface area contributed by atoms with Crippen molar-refractivity contribution in [3.05, 3.63) is 47.5 Å². The van der Waals surface area contributed by atoms with Crippen molar-refractivity contribution in [2.24, 2.45) is 5.73 Å². The molecule has 1 fully saturated rings. The predicted octanol–water partition coefficient (Wildman–Crippen LogP) is 4.38. The molecule has 7 heteroatoms. The third kappa shape index (κ3) is 6.64. The largest absolute Gasteiger partial charge is 0.396 e. The number of anilines is 1. The maximum Gasteiger partial charge on any atom is 0.239 e. The Morgan fingerprint density at radius 3 is 2.38 bits per heavy atom. The number of carbonyl (C=O) groups is 1. The van der Waals surface area contributed by atoms with Gasteiger partial charge in [0.05, 0.1) is 11.7 Å². The second kappa shape index (κ2) is 12.4. The number of nitrogens with zero attached hydrogens (tertiary/aromatic N) is 3. The molecule has 0 unspecified atom stereocenters. The molecule has 1 amide bonds. The molecule has 1 aromatic carbocycles. The second-order valence-corrected chi connectivity index (χ2v) is 12.7. The molecule has 4 N–H and O–H groups in total. The fourth-order valence-electron chi connectivity index (χ4n) is 6.26. The molecule has 7 nitrogen and oxygen atoms in total. The van der Waals surface area contributed by atoms with Crippen LogP contribution in [0.15, 0.2) is 36.4 Å². The number of carbonyl (C=O) groups excluding carboxylic acids is 1. The minimum absolute atomic E-state index is 0.0981. The summed E-state index contributed by atoms with van der Waals surface area (Å²) in [6.45, 7) is 11.6. The predicted molar refractivity (Wildman–Crippen MR) is 158 cm³/mol. The van der Waals surface area contributed by atoms with Crippen LogP contribution in [0.4, 0.5) is 5.82 Å². The lowest BCUT2D eigenvalue weighted by molar-refractivity contribution is -0.135. The minimum Gasteiger partial charge on any atom is -0.396 e. The fourth-order valence-corrected chi connectivity index (χ4v) is 6.26. The Hall–Kier alpha value is -2.48. The normalized spacial score (nSPS) is 19.4. The van der Waals surface area contributed by atoms with Gasteiger partial charge in [-0.15, -0.1) is 0 Å². The molecule has 4 rings (SSSR count). The zero-order valence-corrected chi connectivity index (χ0v) is 24.3. The van der Waals surface area contributed by atoms with Crippen LogP contribution in [0.2, 0.25) is 0 Å². The van der Waals surface area contributed by atoms with Crippen LogP contribution in [0.3, 0.4) is 0 Å². The number of nitrogens with two attached hydrogens (primary N) is 1. The van der Waals surface area contributed by atoms with Crippen LogP contribution >= 0.6 is 0 Å². The molecule has 1 aliphatic carbocycles. The van der Waals surface area contributed by atoms with E-state index in [1.165, 1.54) is 24.0 Å². The lowest BCUT2D eigenvalue weighted by atomic mass is 9.63. The molecular formula is C32H48N4O3. The van der Waals surface area contributed by atoms with Gasteiger partial charge in [0.1, 0.15) is 5.82 Å². The molecule has 2 aromatic rings. The van der Waals surface area contributed by atoms with Crippen LogP contribution < -0.4 is 10.6 Å². The highest BCUT2D eigenvalue weighted by molar-refractivity contribution is 5.82. The number of hydrogen-bond donors (Lipinski definition) is 3. The monoisotopic (exact) mass is 536 g/mol. The summed E-state index contributed by atoms with van der Waals surface area (Å²) in [5.74, 6) is 0.873. The number of unbranched alkanes of at least 4 members (excludes halogenated alkanes) is 1. The maximum absolute atomic E-state index is 13.1. The summed E-state index contributed by atoms with van der Waals surface area (Å²) in [6.07, 6.45) is 5.73. The standard InChI is InChI=1S/C32H48N4O3/c1-31(2)15-16-32(3,4)26-22-23(10-11-25(26)31)28-8-7-9-29(34-28)35-18-12-24(13-19-35)36(17-5-6-20-37)30(39)27(33)14-21-38/h7-11,22,24,27,37-38H,5-6,12-21,33H2,1-4H3/t27-/m0/s1. The highest BCUT2D eigenvalue weighted by atomic mass is 16.3. The molecule has 2 aliphatic rings. The van der Waals surface area contributed by atoms with Gasteiger partial charge in [0.2, 0.25) is 5.91 Å². The molecule has 1 atom stereocenters. The third-order valence-electron chi connectivity index (χ3n) is 8.96. The molecule has 1 aromatic heterocycles. The number of aliphatic hydroxyl groups excluding tert-OH is 2. The van der Waals surface area contributed by atoms with E-state index in [9.17, 15) is 15.0 Å². The summed E-state index contributed by atoms with van der Waals surface area (Å²) in [5.41, 5.74) is 11.5. The van der Waals surface area contributed by atoms with E-state index in [0.29, 0.717) is 13.0 Å². The summed E-state index contributed by atoms with van der Waals surface area (Å²) < 4.78 is 0. The number of hydrogen-bond acceptors (Lipinski definition) is 6. The average molecular weight is 537 g/mol. The van der Waals surface area contributed by atoms with Crippen molar-refractivity contribution in [1.82, 2.24) is 9.88 Å². The quantitative estimate of drug-likeness (QED) is 0.390. The minimum atomic E-state index is -0.687. The van der Waals surface area contributed by atoms with Crippen molar-refractivity contribution in [3.63, 3.8) is 0 Å². The van der Waals surface area contributed by atoms with E-state index in [2.05, 4.69) is 69.0 Å². The van der Waals surface area contributed by atoms with E-state index < -0.39 is 6.04 Å². The first kappa shape index (κ1) is 29.5. The zero-order chi connectivity index (χ0) is 28.2. The van der Waals surface area contributed by atoms with Crippen LogP contribution in [0, 0.1) is 0 Å². The van der Waals surface area contributed by atoms with Gasteiger partial charge in [0, 0.05) is 44.5 Å². The zero-order valence-electron chi connectivity index (χ0n) is 24.3. The molecule has 1 saturated heterocycles. The first-order chi connectivity index (χ1) is 18.6. The lowest BCUT2D eigenvalue weighted by Crippen LogP contribution is -2.53. The highest BCUT2D eigenvalue weighted by Crippen LogP contribution is 2.46. The van der Waals surface area contributed by atoms with Crippen LogP contribution in [0.25, 0.3) is 11.3 Å². The van der Waals surface area contributed by atoms with Crippen molar-refractivity contribution >= 4 is 11.7 Å². The lowest BCUT2D eigenvalue weighted by Gasteiger charge is -2.42. The van der Waals surface area contributed by atoms with Crippen LogP contribution in [0.5, 0.6) is 0 Å². The van der Waals surface area contributed by atoms with Crippen molar-refractivity contribution < 1.29 is 15.0 Å². The van der Waals surface area contributed by atoms with Gasteiger partial charge in [-0.3, -0.25) is 4.79 Å². The molecule has 0 saturated carbocycles. The van der Waals surface area contributed by atoms with Crippen molar-refractivity contribution in [1.29, 1.82) is 0 Å². The fraction of sp³-hybridized carbons (Fsp3) is 0.625. The molecule has 2 heterocycles. The van der Waals surface area contributed by atoms with Gasteiger partial charge in [0.25, 0.3) is 0 Å². The van der Waals surface area contributed by atoms with Crippen molar-refractivity contribution in [2.45, 2.75) is 95.6 Å². The topological polar surface area (TPSA) is 103 Å². The first-order valence-corrected chi connectivity index (χ1v) is 14.7. The first-order valence-electron chi connectivity index (χ1n) is 14.7. The third-order valence-corrected chi connectivity index (χ3v) is 8.96. The van der Waals surface area contributed by atoms with Crippen LogP contribution in [-0.4, -0.2) is 70.9 Å². The Labute approximate surface area is 234 Å². The van der Waals surface area contributed by atoms with Gasteiger partial charge in [0.15, 0.2) is 0 Å². The summed E-state index contributed by atoms with van der Waals surface area (Å²) in [4.78, 5) is 22.4. The molecule has 1 aliphatic heterocycles. The molecule has 214 valence electrons. The van der Waals surface area contributed by atoms with Gasteiger partial charge >= 0.3 is 0 Å². The molecule has 0 spiro atoms. The van der Waals surface area contributed by atoms with E-state index in [4.69, 9.17) is 10.7 Å². The summed E-state index contributed by atoms with van der Waals surface area (Å²) in [6, 6.07) is 12.6. The summed E-state index contributed by atoms with van der Waals surface area (Å²) in [7, 11) is 0. The van der Waals surface area contributed by atoms with E-state index in [1.807, 2.05) is 4.90 Å². The van der Waals surface area contributed by atoms with E-state index >= 15 is 0 Å². The maximum atomic E-state index is 13.1. The smallest absolute Gasteiger partial charge is 0.239 e. The Bertz CT molecular complexity index is 1120. The van der Waals surface area contributed by atoms with Crippen molar-refractivity contribution in [3.8, 4) is 11.3 Å². The number of aliphatic hydroxyl groups is 2. The Balaban J connectivity index is 1.49. The van der Waals surface area contributed by atoms with Crippen LogP contribution in [0.1, 0.15) is 83.8 Å². The van der Waals surface area contributed by atoms with Gasteiger partial charge < -0.3 is 25.7 Å². The van der Waals surface area contributed by atoms with E-state index in [1.54, 1.807) is 0 Å². The van der Waals surface area contributed by atoms with Gasteiger partial charge in [-0.1, -0.05) is 45.9 Å². The van der Waals surface area contributed by atoms with E-state index in [-0.39, 0.29) is 42.4 Å². The number of amides is 1. The number of rotatable bonds is 10. The summed E-state index contributed by atoms with van der Waals surface area (Å²) in [5, 5.41) is 18.5.